The molecule has 0 saturated carbocycles. The van der Waals surface area contributed by atoms with Crippen LogP contribution >= 0.6 is 0 Å². The number of amides is 3. The number of benzene rings is 4. The number of nitrogens with one attached hydrogen (secondary N) is 1. The largest absolute Gasteiger partial charge is 0.376 e. The van der Waals surface area contributed by atoms with Crippen molar-refractivity contribution >= 4 is 83.4 Å². The SMILES string of the molecule is Cc1cc(S(=O)(=O)O)cc2c3c(ccc12)[N+](CCCCCC(=O)NCCN1C(=O)C=CC1=O)=C(C=CC=CC=c1c2cccc4ccc(N(C)C)c(c42)n1C)C3(C)C. The molecule has 2 aliphatic heterocycles. The van der Waals surface area contributed by atoms with Gasteiger partial charge in [0.25, 0.3) is 21.9 Å². The highest BCUT2D eigenvalue weighted by Gasteiger charge is 2.45. The number of rotatable bonds is 14. The number of carbonyl (C=O) groups excluding carboxylic acids is 3. The van der Waals surface area contributed by atoms with Crippen LogP contribution in [0.15, 0.2) is 95.9 Å². The molecule has 1 aromatic heterocycles. The van der Waals surface area contributed by atoms with Gasteiger partial charge in [-0.3, -0.25) is 23.8 Å². The van der Waals surface area contributed by atoms with E-state index in [0.29, 0.717) is 19.4 Å². The molecule has 7 rings (SSSR count). The number of anilines is 1. The van der Waals surface area contributed by atoms with E-state index in [2.05, 4.69) is 109 Å². The first kappa shape index (κ1) is 40.4. The van der Waals surface area contributed by atoms with Crippen molar-refractivity contribution in [3.8, 4) is 0 Å². The number of fused-ring (bicyclic) bond motifs is 3. The molecule has 0 radical (unpaired) electrons. The topological polar surface area (TPSA) is 132 Å². The van der Waals surface area contributed by atoms with Crippen molar-refractivity contribution in [3.05, 3.63) is 108 Å². The lowest BCUT2D eigenvalue weighted by Crippen LogP contribution is -2.38. The third-order valence-corrected chi connectivity index (χ3v) is 12.3. The van der Waals surface area contributed by atoms with Crippen molar-refractivity contribution in [1.82, 2.24) is 14.8 Å². The molecule has 3 heterocycles. The number of hydrogen-bond donors (Lipinski definition) is 2. The van der Waals surface area contributed by atoms with Gasteiger partial charge in [-0.2, -0.15) is 13.0 Å². The van der Waals surface area contributed by atoms with Gasteiger partial charge >= 0.3 is 0 Å². The number of allylic oxidation sites excluding steroid dienone is 4. The molecule has 0 spiro atoms. The average Bonchev–Trinajstić information content (AvgIpc) is 3.73. The van der Waals surface area contributed by atoms with Crippen LogP contribution in [0.25, 0.3) is 38.5 Å². The van der Waals surface area contributed by atoms with Crippen LogP contribution in [0.2, 0.25) is 0 Å². The van der Waals surface area contributed by atoms with Crippen LogP contribution in [0.3, 0.4) is 0 Å². The van der Waals surface area contributed by atoms with Crippen molar-refractivity contribution in [2.24, 2.45) is 7.05 Å². The van der Waals surface area contributed by atoms with E-state index < -0.39 is 15.5 Å². The van der Waals surface area contributed by atoms with E-state index in [0.717, 1.165) is 62.1 Å². The van der Waals surface area contributed by atoms with E-state index in [1.54, 1.807) is 6.07 Å². The lowest BCUT2D eigenvalue weighted by Gasteiger charge is -2.18. The predicted molar refractivity (Wildman–Crippen MR) is 231 cm³/mol. The van der Waals surface area contributed by atoms with Crippen LogP contribution in [0.1, 0.15) is 50.7 Å². The number of hydrogen-bond acceptors (Lipinski definition) is 6. The molecule has 0 aliphatic carbocycles. The number of unbranched alkanes of at least 4 members (excludes halogenated alkanes) is 2. The Kier molecular flexibility index (Phi) is 11.0. The second-order valence-electron chi connectivity index (χ2n) is 15.8. The summed E-state index contributed by atoms with van der Waals surface area (Å²) < 4.78 is 39.3. The summed E-state index contributed by atoms with van der Waals surface area (Å²) in [5, 5.41) is 9.26. The van der Waals surface area contributed by atoms with Crippen LogP contribution < -0.4 is 15.6 Å². The summed E-state index contributed by atoms with van der Waals surface area (Å²) in [7, 11) is 1.80. The summed E-state index contributed by atoms with van der Waals surface area (Å²) in [6, 6.07) is 18.0. The predicted octanol–water partition coefficient (Wildman–Crippen LogP) is 6.40. The summed E-state index contributed by atoms with van der Waals surface area (Å²) in [6.45, 7) is 7.15. The Balaban J connectivity index is 1.15. The van der Waals surface area contributed by atoms with Crippen LogP contribution in [0.5, 0.6) is 0 Å². The highest BCUT2D eigenvalue weighted by atomic mass is 32.2. The fourth-order valence-corrected chi connectivity index (χ4v) is 9.24. The number of imide groups is 1. The molecule has 12 heteroatoms. The zero-order valence-corrected chi connectivity index (χ0v) is 34.7. The van der Waals surface area contributed by atoms with E-state index >= 15 is 0 Å². The molecule has 0 fully saturated rings. The normalized spacial score (nSPS) is 15.8. The third kappa shape index (κ3) is 7.49. The number of nitrogens with zero attached hydrogens (tertiary/aromatic N) is 4. The van der Waals surface area contributed by atoms with E-state index in [4.69, 9.17) is 0 Å². The molecule has 0 bridgehead atoms. The van der Waals surface area contributed by atoms with Gasteiger partial charge in [0.05, 0.1) is 21.5 Å². The fourth-order valence-electron chi connectivity index (χ4n) is 8.64. The second kappa shape index (κ2) is 15.8. The molecule has 2 N–H and O–H groups in total. The molecule has 0 unspecified atom stereocenters. The van der Waals surface area contributed by atoms with Crippen molar-refractivity contribution in [2.75, 3.05) is 38.6 Å². The first-order chi connectivity index (χ1) is 27.6. The highest BCUT2D eigenvalue weighted by molar-refractivity contribution is 7.85. The second-order valence-corrected chi connectivity index (χ2v) is 17.3. The Bertz CT molecular complexity index is 2790. The molecule has 58 heavy (non-hydrogen) atoms. The number of carbonyl (C=O) groups is 3. The summed E-state index contributed by atoms with van der Waals surface area (Å²) in [6.07, 6.45) is 15.4. The van der Waals surface area contributed by atoms with E-state index in [-0.39, 0.29) is 35.7 Å². The fraction of sp³-hybridized carbons (Fsp3) is 0.304. The molecule has 0 atom stereocenters. The summed E-state index contributed by atoms with van der Waals surface area (Å²) in [4.78, 5) is 39.2. The van der Waals surface area contributed by atoms with Crippen LogP contribution in [0.4, 0.5) is 11.4 Å². The molecule has 300 valence electrons. The minimum atomic E-state index is -4.43. The molecular weight excluding hydrogens is 751 g/mol. The molecule has 2 aliphatic rings. The van der Waals surface area contributed by atoms with Gasteiger partial charge in [0.15, 0.2) is 5.71 Å². The van der Waals surface area contributed by atoms with Gasteiger partial charge in [0.2, 0.25) is 11.6 Å². The third-order valence-electron chi connectivity index (χ3n) is 11.5. The smallest absolute Gasteiger partial charge is 0.294 e. The van der Waals surface area contributed by atoms with Crippen molar-refractivity contribution in [2.45, 2.75) is 56.8 Å². The minimum Gasteiger partial charge on any atom is -0.376 e. The average molecular weight is 801 g/mol. The molecule has 4 aromatic carbocycles. The van der Waals surface area contributed by atoms with Crippen molar-refractivity contribution < 1.29 is 31.9 Å². The van der Waals surface area contributed by atoms with E-state index in [9.17, 15) is 27.4 Å². The van der Waals surface area contributed by atoms with Gasteiger partial charge in [0, 0.05) is 93.1 Å². The van der Waals surface area contributed by atoms with Crippen molar-refractivity contribution in [1.29, 1.82) is 0 Å². The van der Waals surface area contributed by atoms with Gasteiger partial charge in [-0.1, -0.05) is 42.5 Å². The zero-order chi connectivity index (χ0) is 41.5. The standard InChI is InChI=1S/C46H49N5O6S/c1-30-28-32(58(55,56)57)29-35-33(30)20-22-37-44(35)46(2,3)39(50(37)26-12-8-11-18-40(52)47-25-27-51-41(53)23-24-42(51)54)17-10-7-9-16-36-34-15-13-14-31-19-21-38(48(4)5)45(43(31)34)49(36)6/h7,9-10,13-17,19-24,28-29H,8,11-12,18,25-27H2,1-6H3,(H-,47,52,55,56,57)/p+1. The first-order valence-corrected chi connectivity index (χ1v) is 21.1. The minimum absolute atomic E-state index is 0.129. The Morgan fingerprint density at radius 2 is 1.69 bits per heavy atom. The van der Waals surface area contributed by atoms with Gasteiger partial charge in [-0.25, -0.2) is 0 Å². The Labute approximate surface area is 339 Å². The number of aryl methyl sites for hydroxylation is 2. The summed E-state index contributed by atoms with van der Waals surface area (Å²) in [5.41, 5.74) is 5.60. The monoisotopic (exact) mass is 800 g/mol. The van der Waals surface area contributed by atoms with Gasteiger partial charge in [-0.15, -0.1) is 0 Å². The van der Waals surface area contributed by atoms with Crippen LogP contribution in [0, 0.1) is 6.92 Å². The van der Waals surface area contributed by atoms with Crippen LogP contribution in [-0.2, 0) is 37.0 Å². The maximum absolute atomic E-state index is 12.6. The van der Waals surface area contributed by atoms with Crippen LogP contribution in [-0.4, -0.2) is 84.2 Å². The lowest BCUT2D eigenvalue weighted by molar-refractivity contribution is -0.438. The molecule has 0 saturated heterocycles. The molecule has 11 nitrogen and oxygen atoms in total. The Hall–Kier alpha value is -5.85. The van der Waals surface area contributed by atoms with Gasteiger partial charge < -0.3 is 14.8 Å². The van der Waals surface area contributed by atoms with Crippen molar-refractivity contribution in [3.63, 3.8) is 0 Å². The maximum atomic E-state index is 12.6. The van der Waals surface area contributed by atoms with E-state index in [1.807, 2.05) is 25.1 Å². The maximum Gasteiger partial charge on any atom is 0.294 e. The lowest BCUT2D eigenvalue weighted by atomic mass is 9.78. The van der Waals surface area contributed by atoms with Gasteiger partial charge in [-0.05, 0) is 85.7 Å². The van der Waals surface area contributed by atoms with Gasteiger partial charge in [0.1, 0.15) is 6.54 Å². The summed E-state index contributed by atoms with van der Waals surface area (Å²) >= 11 is 0. The molecule has 5 aromatic rings. The summed E-state index contributed by atoms with van der Waals surface area (Å²) in [5.74, 6) is -0.865. The Morgan fingerprint density at radius 1 is 0.931 bits per heavy atom. The first-order valence-electron chi connectivity index (χ1n) is 19.6. The molecular formula is C46H50N5O6S+. The Morgan fingerprint density at radius 3 is 2.41 bits per heavy atom. The zero-order valence-electron chi connectivity index (χ0n) is 33.9. The quantitative estimate of drug-likeness (QED) is 0.0437. The molecule has 3 amide bonds. The number of aromatic nitrogens is 1. The highest BCUT2D eigenvalue weighted by Crippen LogP contribution is 2.45. The van der Waals surface area contributed by atoms with E-state index in [1.165, 1.54) is 39.9 Å².